The summed E-state index contributed by atoms with van der Waals surface area (Å²) in [6.45, 7) is 0. The second kappa shape index (κ2) is 7.11. The first kappa shape index (κ1) is 17.8. The molecule has 1 aromatic heterocycles. The first-order valence-corrected chi connectivity index (χ1v) is 9.18. The molecule has 0 unspecified atom stereocenters. The highest BCUT2D eigenvalue weighted by molar-refractivity contribution is 7.89. The van der Waals surface area contributed by atoms with Crippen LogP contribution in [-0.4, -0.2) is 37.9 Å². The van der Waals surface area contributed by atoms with Crippen LogP contribution in [0.15, 0.2) is 70.1 Å². The van der Waals surface area contributed by atoms with E-state index in [1.165, 1.54) is 32.3 Å². The van der Waals surface area contributed by atoms with E-state index in [1.54, 1.807) is 12.1 Å². The van der Waals surface area contributed by atoms with Crippen LogP contribution >= 0.6 is 0 Å². The van der Waals surface area contributed by atoms with Gasteiger partial charge in [-0.25, -0.2) is 12.7 Å². The SMILES string of the molecule is CN(C)S(=O)(=O)c1cccc(NC(=O)c2cc(-c3ccccc3)on2)c1. The molecule has 26 heavy (non-hydrogen) atoms. The minimum atomic E-state index is -3.58. The normalized spacial score (nSPS) is 11.5. The van der Waals surface area contributed by atoms with E-state index in [-0.39, 0.29) is 10.6 Å². The van der Waals surface area contributed by atoms with Crippen molar-refractivity contribution in [1.82, 2.24) is 9.46 Å². The van der Waals surface area contributed by atoms with Gasteiger partial charge in [0, 0.05) is 31.4 Å². The van der Waals surface area contributed by atoms with Gasteiger partial charge in [0.1, 0.15) is 0 Å². The molecular formula is C18H17N3O4S. The lowest BCUT2D eigenvalue weighted by molar-refractivity contribution is 0.101. The summed E-state index contributed by atoms with van der Waals surface area (Å²) in [4.78, 5) is 12.4. The highest BCUT2D eigenvalue weighted by atomic mass is 32.2. The Morgan fingerprint density at radius 2 is 1.77 bits per heavy atom. The quantitative estimate of drug-likeness (QED) is 0.744. The Labute approximate surface area is 151 Å². The summed E-state index contributed by atoms with van der Waals surface area (Å²) in [5.74, 6) is -0.0185. The molecule has 2 aromatic carbocycles. The van der Waals surface area contributed by atoms with Crippen LogP contribution in [0, 0.1) is 0 Å². The van der Waals surface area contributed by atoms with Gasteiger partial charge in [-0.1, -0.05) is 41.6 Å². The zero-order valence-corrected chi connectivity index (χ0v) is 15.0. The fraction of sp³-hybridized carbons (Fsp3) is 0.111. The molecule has 134 valence electrons. The molecule has 0 saturated carbocycles. The van der Waals surface area contributed by atoms with E-state index in [2.05, 4.69) is 10.5 Å². The van der Waals surface area contributed by atoms with Gasteiger partial charge in [-0.2, -0.15) is 0 Å². The summed E-state index contributed by atoms with van der Waals surface area (Å²) in [6.07, 6.45) is 0. The van der Waals surface area contributed by atoms with E-state index >= 15 is 0 Å². The van der Waals surface area contributed by atoms with Crippen LogP contribution < -0.4 is 5.32 Å². The number of benzene rings is 2. The number of rotatable bonds is 5. The van der Waals surface area contributed by atoms with Crippen LogP contribution in [0.5, 0.6) is 0 Å². The molecule has 3 aromatic rings. The van der Waals surface area contributed by atoms with Crippen molar-refractivity contribution < 1.29 is 17.7 Å². The number of hydrogen-bond donors (Lipinski definition) is 1. The summed E-state index contributed by atoms with van der Waals surface area (Å²) < 4.78 is 30.7. The average Bonchev–Trinajstić information content (AvgIpc) is 3.13. The van der Waals surface area contributed by atoms with Crippen molar-refractivity contribution >= 4 is 21.6 Å². The number of carbonyl (C=O) groups excluding carboxylic acids is 1. The molecule has 0 bridgehead atoms. The second-order valence-electron chi connectivity index (χ2n) is 5.71. The maximum Gasteiger partial charge on any atom is 0.277 e. The first-order valence-electron chi connectivity index (χ1n) is 7.74. The molecule has 0 saturated heterocycles. The number of hydrogen-bond acceptors (Lipinski definition) is 5. The molecule has 1 amide bonds. The van der Waals surface area contributed by atoms with Crippen LogP contribution in [0.4, 0.5) is 5.69 Å². The molecule has 0 fully saturated rings. The van der Waals surface area contributed by atoms with Crippen molar-refractivity contribution in [3.05, 3.63) is 66.4 Å². The summed E-state index contributed by atoms with van der Waals surface area (Å²) in [5, 5.41) is 6.40. The zero-order chi connectivity index (χ0) is 18.7. The third-order valence-electron chi connectivity index (χ3n) is 3.67. The van der Waals surface area contributed by atoms with Gasteiger partial charge in [0.2, 0.25) is 10.0 Å². The van der Waals surface area contributed by atoms with Crippen molar-refractivity contribution in [2.45, 2.75) is 4.90 Å². The predicted octanol–water partition coefficient (Wildman–Crippen LogP) is 2.84. The number of sulfonamides is 1. The molecule has 3 rings (SSSR count). The zero-order valence-electron chi connectivity index (χ0n) is 14.2. The van der Waals surface area contributed by atoms with E-state index in [4.69, 9.17) is 4.52 Å². The van der Waals surface area contributed by atoms with Gasteiger partial charge >= 0.3 is 0 Å². The molecule has 0 aliphatic rings. The maximum atomic E-state index is 12.4. The van der Waals surface area contributed by atoms with Crippen molar-refractivity contribution in [3.63, 3.8) is 0 Å². The molecule has 0 aliphatic heterocycles. The summed E-state index contributed by atoms with van der Waals surface area (Å²) in [5.41, 5.74) is 1.25. The molecule has 8 heteroatoms. The number of nitrogens with one attached hydrogen (secondary N) is 1. The number of nitrogens with zero attached hydrogens (tertiary/aromatic N) is 2. The van der Waals surface area contributed by atoms with Gasteiger partial charge in [0.15, 0.2) is 11.5 Å². The third kappa shape index (κ3) is 3.66. The van der Waals surface area contributed by atoms with Gasteiger partial charge in [0.05, 0.1) is 4.90 Å². The Hall–Kier alpha value is -2.97. The molecular weight excluding hydrogens is 354 g/mol. The standard InChI is InChI=1S/C18H17N3O4S/c1-21(2)26(23,24)15-10-6-9-14(11-15)19-18(22)16-12-17(25-20-16)13-7-4-3-5-8-13/h3-12H,1-2H3,(H,19,22). The molecule has 0 atom stereocenters. The molecule has 0 spiro atoms. The minimum absolute atomic E-state index is 0.0884. The van der Waals surface area contributed by atoms with Crippen molar-refractivity contribution in [1.29, 1.82) is 0 Å². The predicted molar refractivity (Wildman–Crippen MR) is 97.2 cm³/mol. The molecule has 1 N–H and O–H groups in total. The molecule has 0 aliphatic carbocycles. The van der Waals surface area contributed by atoms with E-state index < -0.39 is 15.9 Å². The van der Waals surface area contributed by atoms with E-state index in [9.17, 15) is 13.2 Å². The lowest BCUT2D eigenvalue weighted by atomic mass is 10.1. The van der Waals surface area contributed by atoms with Crippen LogP contribution in [0.3, 0.4) is 0 Å². The molecule has 7 nitrogen and oxygen atoms in total. The summed E-state index contributed by atoms with van der Waals surface area (Å²) >= 11 is 0. The van der Waals surface area contributed by atoms with Gasteiger partial charge in [0.25, 0.3) is 5.91 Å². The Morgan fingerprint density at radius 3 is 2.46 bits per heavy atom. The van der Waals surface area contributed by atoms with Gasteiger partial charge in [-0.3, -0.25) is 4.79 Å². The van der Waals surface area contributed by atoms with Gasteiger partial charge in [-0.05, 0) is 18.2 Å². The van der Waals surface area contributed by atoms with E-state index in [0.717, 1.165) is 9.87 Å². The monoisotopic (exact) mass is 371 g/mol. The van der Waals surface area contributed by atoms with Crippen molar-refractivity contribution in [2.24, 2.45) is 0 Å². The van der Waals surface area contributed by atoms with Crippen molar-refractivity contribution in [3.8, 4) is 11.3 Å². The Bertz CT molecular complexity index is 1030. The number of aromatic nitrogens is 1. The fourth-order valence-corrected chi connectivity index (χ4v) is 3.21. The Morgan fingerprint density at radius 1 is 1.04 bits per heavy atom. The van der Waals surface area contributed by atoms with Crippen LogP contribution in [0.2, 0.25) is 0 Å². The average molecular weight is 371 g/mol. The van der Waals surface area contributed by atoms with E-state index in [0.29, 0.717) is 11.4 Å². The molecule has 0 radical (unpaired) electrons. The molecule has 1 heterocycles. The third-order valence-corrected chi connectivity index (χ3v) is 5.48. The van der Waals surface area contributed by atoms with Crippen LogP contribution in [0.25, 0.3) is 11.3 Å². The highest BCUT2D eigenvalue weighted by Crippen LogP contribution is 2.21. The Kier molecular flexibility index (Phi) is 4.88. The number of anilines is 1. The van der Waals surface area contributed by atoms with Crippen molar-refractivity contribution in [2.75, 3.05) is 19.4 Å². The number of amides is 1. The largest absolute Gasteiger partial charge is 0.355 e. The minimum Gasteiger partial charge on any atom is -0.355 e. The summed E-state index contributed by atoms with van der Waals surface area (Å²) in [6, 6.07) is 16.8. The Balaban J connectivity index is 1.80. The number of carbonyl (C=O) groups is 1. The second-order valence-corrected chi connectivity index (χ2v) is 7.86. The van der Waals surface area contributed by atoms with Crippen LogP contribution in [-0.2, 0) is 10.0 Å². The summed E-state index contributed by atoms with van der Waals surface area (Å²) in [7, 11) is -0.693. The van der Waals surface area contributed by atoms with E-state index in [1.807, 2.05) is 30.3 Å². The maximum absolute atomic E-state index is 12.4. The van der Waals surface area contributed by atoms with Gasteiger partial charge < -0.3 is 9.84 Å². The topological polar surface area (TPSA) is 92.5 Å². The lowest BCUT2D eigenvalue weighted by Crippen LogP contribution is -2.22. The first-order chi connectivity index (χ1) is 12.4. The smallest absolute Gasteiger partial charge is 0.277 e. The van der Waals surface area contributed by atoms with Gasteiger partial charge in [-0.15, -0.1) is 0 Å². The fourth-order valence-electron chi connectivity index (χ4n) is 2.26. The lowest BCUT2D eigenvalue weighted by Gasteiger charge is -2.12. The van der Waals surface area contributed by atoms with Crippen LogP contribution in [0.1, 0.15) is 10.5 Å². The highest BCUT2D eigenvalue weighted by Gasteiger charge is 2.19.